The fraction of sp³-hybridized carbons (Fsp3) is 0.933. The Balaban J connectivity index is 1.84. The molecule has 0 saturated heterocycles. The van der Waals surface area contributed by atoms with Gasteiger partial charge in [-0.3, -0.25) is 10.1 Å². The molecule has 0 heterocycles. The van der Waals surface area contributed by atoms with Gasteiger partial charge in [-0.2, -0.15) is 0 Å². The maximum Gasteiger partial charge on any atom is 0.332 e. The van der Waals surface area contributed by atoms with Crippen molar-refractivity contribution in [2.75, 3.05) is 26.2 Å². The Hall–Kier alpha value is -1.10. The number of ketones is 1. The monoisotopic (exact) mass is 554 g/mol. The van der Waals surface area contributed by atoms with Crippen LogP contribution >= 0.6 is 0 Å². The molecular formula is C30H54N2O7. The van der Waals surface area contributed by atoms with E-state index in [-0.39, 0.29) is 29.0 Å². The molecule has 9 atom stereocenters. The van der Waals surface area contributed by atoms with Crippen LogP contribution in [0.2, 0.25) is 0 Å². The smallest absolute Gasteiger partial charge is 0.332 e. The van der Waals surface area contributed by atoms with Gasteiger partial charge in [0.25, 0.3) is 0 Å². The van der Waals surface area contributed by atoms with Crippen molar-refractivity contribution in [3.8, 4) is 0 Å². The van der Waals surface area contributed by atoms with E-state index in [2.05, 4.69) is 38.3 Å². The van der Waals surface area contributed by atoms with E-state index in [4.69, 9.17) is 9.47 Å². The van der Waals surface area contributed by atoms with Crippen LogP contribution in [0, 0.1) is 34.0 Å². The minimum atomic E-state index is -1.03. The lowest BCUT2D eigenvalue weighted by atomic mass is 9.43. The summed E-state index contributed by atoms with van der Waals surface area (Å²) in [6.45, 7) is 15.2. The van der Waals surface area contributed by atoms with Gasteiger partial charge >= 0.3 is 5.97 Å². The molecule has 0 aliphatic heterocycles. The van der Waals surface area contributed by atoms with Crippen LogP contribution in [0.25, 0.3) is 0 Å². The van der Waals surface area contributed by atoms with Gasteiger partial charge in [0.05, 0.1) is 11.7 Å². The highest BCUT2D eigenvalue weighted by Crippen LogP contribution is 2.68. The molecule has 3 saturated carbocycles. The van der Waals surface area contributed by atoms with Crippen LogP contribution in [-0.4, -0.2) is 77.5 Å². The van der Waals surface area contributed by atoms with E-state index in [0.29, 0.717) is 38.9 Å². The van der Waals surface area contributed by atoms with Crippen molar-refractivity contribution < 1.29 is 34.4 Å². The van der Waals surface area contributed by atoms with Crippen LogP contribution in [0.1, 0.15) is 93.4 Å². The molecule has 0 spiro atoms. The standard InChI is InChI=1S/C30H54N2O7/c1-8-28(6)16-22(38-23(35)18-33)29(7)19(2)10-12-30(13-11-21(34)24(29)30)20(25(28)36)17-31-14-9-15-32-26(37)39-27(3,4)5/h19-20,22,24-26,31-33,36-37H,8-18H2,1-7H3/t19-,20?,22-,24+,25?,26?,28+,29+,30?/m1/s1. The van der Waals surface area contributed by atoms with Crippen LogP contribution in [0.5, 0.6) is 0 Å². The highest BCUT2D eigenvalue weighted by molar-refractivity contribution is 5.85. The lowest BCUT2D eigenvalue weighted by Gasteiger charge is -2.62. The van der Waals surface area contributed by atoms with E-state index >= 15 is 0 Å². The number of carbonyl (C=O) groups excluding carboxylic acids is 2. The zero-order valence-corrected chi connectivity index (χ0v) is 25.2. The maximum absolute atomic E-state index is 13.7. The number of carbonyl (C=O) groups is 2. The van der Waals surface area contributed by atoms with Crippen molar-refractivity contribution in [2.24, 2.45) is 34.0 Å². The molecular weight excluding hydrogens is 500 g/mol. The average Bonchev–Trinajstić information content (AvgIpc) is 3.21. The van der Waals surface area contributed by atoms with E-state index in [1.54, 1.807) is 0 Å². The second kappa shape index (κ2) is 12.4. The Morgan fingerprint density at radius 1 is 1.21 bits per heavy atom. The van der Waals surface area contributed by atoms with Crippen LogP contribution in [0.3, 0.4) is 0 Å². The molecule has 4 unspecified atom stereocenters. The molecule has 0 aromatic heterocycles. The summed E-state index contributed by atoms with van der Waals surface area (Å²) in [4.78, 5) is 26.0. The number of hydrogen-bond acceptors (Lipinski definition) is 9. The van der Waals surface area contributed by atoms with Crippen LogP contribution in [-0.2, 0) is 19.1 Å². The summed E-state index contributed by atoms with van der Waals surface area (Å²) in [5.74, 6) is -0.730. The molecule has 5 N–H and O–H groups in total. The molecule has 226 valence electrons. The van der Waals surface area contributed by atoms with Gasteiger partial charge in [-0.15, -0.1) is 0 Å². The summed E-state index contributed by atoms with van der Waals surface area (Å²) in [5, 5.41) is 38.1. The molecule has 3 fully saturated rings. The highest BCUT2D eigenvalue weighted by Gasteiger charge is 2.69. The SMILES string of the molecule is CC[C@@]1(C)C[C@@H](OC(=O)CO)[C@]2(C)[C@H](C)CCC3(CCC(=O)[C@H]32)C(CNCCCNC(O)OC(C)(C)C)C1O. The molecule has 3 aliphatic rings. The third-order valence-corrected chi connectivity index (χ3v) is 10.5. The third-order valence-electron chi connectivity index (χ3n) is 10.5. The number of esters is 1. The molecule has 3 rings (SSSR count). The molecule has 0 radical (unpaired) electrons. The summed E-state index contributed by atoms with van der Waals surface area (Å²) in [5.41, 5.74) is -1.91. The molecule has 39 heavy (non-hydrogen) atoms. The first-order chi connectivity index (χ1) is 18.1. The zero-order valence-electron chi connectivity index (χ0n) is 25.2. The lowest BCUT2D eigenvalue weighted by molar-refractivity contribution is -0.214. The van der Waals surface area contributed by atoms with Crippen molar-refractivity contribution in [2.45, 2.75) is 118 Å². The molecule has 9 heteroatoms. The number of nitrogens with one attached hydrogen (secondary N) is 2. The first-order valence-corrected chi connectivity index (χ1v) is 15.0. The second-order valence-electron chi connectivity index (χ2n) is 13.9. The predicted octanol–water partition coefficient (Wildman–Crippen LogP) is 2.75. The van der Waals surface area contributed by atoms with E-state index in [1.165, 1.54) is 0 Å². The third kappa shape index (κ3) is 6.54. The van der Waals surface area contributed by atoms with Crippen molar-refractivity contribution in [1.29, 1.82) is 0 Å². The van der Waals surface area contributed by atoms with Gasteiger partial charge in [-0.1, -0.05) is 27.7 Å². The normalized spacial score (nSPS) is 39.5. The predicted molar refractivity (Wildman–Crippen MR) is 148 cm³/mol. The average molecular weight is 555 g/mol. The van der Waals surface area contributed by atoms with Crippen LogP contribution in [0.4, 0.5) is 0 Å². The maximum atomic E-state index is 13.7. The van der Waals surface area contributed by atoms with E-state index in [9.17, 15) is 24.9 Å². The summed E-state index contributed by atoms with van der Waals surface area (Å²) in [6.07, 6.45) is 2.63. The van der Waals surface area contributed by atoms with Gasteiger partial charge in [-0.25, -0.2) is 4.79 Å². The summed E-state index contributed by atoms with van der Waals surface area (Å²) in [7, 11) is 0. The Bertz CT molecular complexity index is 863. The molecule has 2 bridgehead atoms. The van der Waals surface area contributed by atoms with Crippen molar-refractivity contribution in [1.82, 2.24) is 10.6 Å². The number of aliphatic hydroxyl groups is 3. The Morgan fingerprint density at radius 3 is 2.51 bits per heavy atom. The molecule has 9 nitrogen and oxygen atoms in total. The van der Waals surface area contributed by atoms with Gasteiger partial charge in [0.1, 0.15) is 18.5 Å². The van der Waals surface area contributed by atoms with Crippen LogP contribution in [0.15, 0.2) is 0 Å². The number of hydrogen-bond donors (Lipinski definition) is 5. The van der Waals surface area contributed by atoms with Gasteiger partial charge in [-0.05, 0) is 82.6 Å². The van der Waals surface area contributed by atoms with Crippen LogP contribution < -0.4 is 10.6 Å². The molecule has 0 amide bonds. The molecule has 3 aliphatic carbocycles. The minimum Gasteiger partial charge on any atom is -0.460 e. The van der Waals surface area contributed by atoms with Crippen molar-refractivity contribution in [3.05, 3.63) is 0 Å². The van der Waals surface area contributed by atoms with Crippen molar-refractivity contribution in [3.63, 3.8) is 0 Å². The first kappa shape index (κ1) is 32.4. The van der Waals surface area contributed by atoms with Crippen molar-refractivity contribution >= 4 is 11.8 Å². The fourth-order valence-electron chi connectivity index (χ4n) is 8.04. The number of aliphatic hydroxyl groups excluding tert-OH is 3. The first-order valence-electron chi connectivity index (χ1n) is 15.0. The minimum absolute atomic E-state index is 0.122. The zero-order chi connectivity index (χ0) is 29.2. The number of rotatable bonds is 11. The second-order valence-corrected chi connectivity index (χ2v) is 13.9. The van der Waals surface area contributed by atoms with Gasteiger partial charge in [0, 0.05) is 36.8 Å². The van der Waals surface area contributed by atoms with E-state index < -0.39 is 47.6 Å². The fourth-order valence-corrected chi connectivity index (χ4v) is 8.04. The van der Waals surface area contributed by atoms with E-state index in [0.717, 1.165) is 25.7 Å². The Morgan fingerprint density at radius 2 is 1.90 bits per heavy atom. The topological polar surface area (TPSA) is 137 Å². The lowest BCUT2D eigenvalue weighted by Crippen LogP contribution is -2.65. The van der Waals surface area contributed by atoms with E-state index in [1.807, 2.05) is 20.8 Å². The quantitative estimate of drug-likeness (QED) is 0.148. The molecule has 0 aromatic rings. The largest absolute Gasteiger partial charge is 0.460 e. The highest BCUT2D eigenvalue weighted by atomic mass is 16.6. The van der Waals surface area contributed by atoms with Gasteiger partial charge in [0.15, 0.2) is 0 Å². The molecule has 0 aromatic carbocycles. The van der Waals surface area contributed by atoms with Gasteiger partial charge < -0.3 is 30.1 Å². The van der Waals surface area contributed by atoms with Gasteiger partial charge in [0.2, 0.25) is 6.41 Å². The Labute approximate surface area is 234 Å². The summed E-state index contributed by atoms with van der Waals surface area (Å²) in [6, 6.07) is 0. The summed E-state index contributed by atoms with van der Waals surface area (Å²) >= 11 is 0. The summed E-state index contributed by atoms with van der Waals surface area (Å²) < 4.78 is 11.4. The number of Topliss-reactive ketones (excluding diaryl/α,β-unsaturated/α-hetero) is 1. The Kier molecular flexibility index (Phi) is 10.3. The number of ether oxygens (including phenoxy) is 2.